The lowest BCUT2D eigenvalue weighted by Gasteiger charge is -2.34. The molecule has 1 unspecified atom stereocenters. The number of ether oxygens (including phenoxy) is 4. The van der Waals surface area contributed by atoms with Crippen molar-refractivity contribution in [3.63, 3.8) is 0 Å². The first-order valence-corrected chi connectivity index (χ1v) is 9.00. The molecule has 5 nitrogen and oxygen atoms in total. The topological polar surface area (TPSA) is 54.0 Å². The number of carbonyl (C=O) groups excluding carboxylic acids is 1. The minimum Gasteiger partial charge on any atom is -0.496 e. The predicted octanol–water partition coefficient (Wildman–Crippen LogP) is 4.24. The van der Waals surface area contributed by atoms with Crippen molar-refractivity contribution in [1.82, 2.24) is 0 Å². The Kier molecular flexibility index (Phi) is 4.52. The number of hydrogen-bond acceptors (Lipinski definition) is 5. The van der Waals surface area contributed by atoms with Crippen LogP contribution < -0.4 is 18.9 Å². The Labute approximate surface area is 158 Å². The average Bonchev–Trinajstić information content (AvgIpc) is 2.71. The van der Waals surface area contributed by atoms with Gasteiger partial charge in [-0.3, -0.25) is 4.79 Å². The summed E-state index contributed by atoms with van der Waals surface area (Å²) in [7, 11) is 4.86. The molecule has 140 valence electrons. The maximum absolute atomic E-state index is 12.9. The Morgan fingerprint density at radius 3 is 2.48 bits per heavy atom. The van der Waals surface area contributed by atoms with Gasteiger partial charge in [-0.25, -0.2) is 0 Å². The molecule has 4 rings (SSSR count). The van der Waals surface area contributed by atoms with Gasteiger partial charge in [-0.2, -0.15) is 0 Å². The smallest absolute Gasteiger partial charge is 0.163 e. The van der Waals surface area contributed by atoms with Gasteiger partial charge in [0, 0.05) is 41.7 Å². The second-order valence-electron chi connectivity index (χ2n) is 6.63. The number of fused-ring (bicyclic) bond motifs is 1. The second kappa shape index (κ2) is 6.99. The van der Waals surface area contributed by atoms with Crippen LogP contribution in [0.1, 0.15) is 36.3 Å². The first kappa shape index (κ1) is 17.5. The van der Waals surface area contributed by atoms with E-state index >= 15 is 0 Å². The molecule has 1 heterocycles. The Bertz CT molecular complexity index is 928. The minimum absolute atomic E-state index is 0.121. The third kappa shape index (κ3) is 2.83. The highest BCUT2D eigenvalue weighted by molar-refractivity contribution is 6.00. The normalized spacial score (nSPS) is 18.3. The fourth-order valence-electron chi connectivity index (χ4n) is 3.99. The summed E-state index contributed by atoms with van der Waals surface area (Å²) in [5.74, 6) is 3.24. The van der Waals surface area contributed by atoms with Crippen molar-refractivity contribution in [2.45, 2.75) is 25.2 Å². The fraction of sp³-hybridized carbons (Fsp3) is 0.318. The summed E-state index contributed by atoms with van der Waals surface area (Å²) in [5.41, 5.74) is 2.47. The molecule has 0 spiro atoms. The molecule has 2 aliphatic rings. The molecule has 0 amide bonds. The van der Waals surface area contributed by atoms with E-state index < -0.39 is 0 Å². The SMILES string of the molecule is COc1cc(OC)c2c(c1)OC1=C(C(=O)CCC1)C2c1ccccc1OC. The highest BCUT2D eigenvalue weighted by Crippen LogP contribution is 2.52. The van der Waals surface area contributed by atoms with Crippen molar-refractivity contribution < 1.29 is 23.7 Å². The van der Waals surface area contributed by atoms with Gasteiger partial charge in [0.2, 0.25) is 0 Å². The van der Waals surface area contributed by atoms with Crippen LogP contribution in [0.3, 0.4) is 0 Å². The van der Waals surface area contributed by atoms with Crippen molar-refractivity contribution in [1.29, 1.82) is 0 Å². The maximum Gasteiger partial charge on any atom is 0.163 e. The summed E-state index contributed by atoms with van der Waals surface area (Å²) in [6.45, 7) is 0. The van der Waals surface area contributed by atoms with Gasteiger partial charge in [-0.05, 0) is 12.5 Å². The molecule has 0 saturated carbocycles. The van der Waals surface area contributed by atoms with Crippen molar-refractivity contribution in [3.8, 4) is 23.0 Å². The van der Waals surface area contributed by atoms with E-state index in [0.29, 0.717) is 29.2 Å². The van der Waals surface area contributed by atoms with Crippen molar-refractivity contribution in [3.05, 3.63) is 58.9 Å². The van der Waals surface area contributed by atoms with E-state index in [1.165, 1.54) is 0 Å². The maximum atomic E-state index is 12.9. The molecule has 27 heavy (non-hydrogen) atoms. The zero-order valence-corrected chi connectivity index (χ0v) is 15.7. The number of methoxy groups -OCH3 is 3. The van der Waals surface area contributed by atoms with Crippen LogP contribution in [0.5, 0.6) is 23.0 Å². The molecule has 0 aromatic heterocycles. The lowest BCUT2D eigenvalue weighted by Crippen LogP contribution is -2.26. The zero-order chi connectivity index (χ0) is 19.0. The van der Waals surface area contributed by atoms with Gasteiger partial charge in [-0.15, -0.1) is 0 Å². The standard InChI is InChI=1S/C22H22O5/c1-24-13-11-18(26-3)22-19(12-13)27-17-10-6-8-15(23)21(17)20(22)14-7-4-5-9-16(14)25-2/h4-5,7,9,11-12,20H,6,8,10H2,1-3H3. The van der Waals surface area contributed by atoms with Crippen LogP contribution in [0, 0.1) is 0 Å². The first-order valence-electron chi connectivity index (χ1n) is 9.00. The van der Waals surface area contributed by atoms with E-state index in [1.807, 2.05) is 36.4 Å². The van der Waals surface area contributed by atoms with Gasteiger partial charge in [0.25, 0.3) is 0 Å². The van der Waals surface area contributed by atoms with E-state index in [4.69, 9.17) is 18.9 Å². The van der Waals surface area contributed by atoms with Crippen molar-refractivity contribution >= 4 is 5.78 Å². The minimum atomic E-state index is -0.298. The number of allylic oxidation sites excluding steroid dienone is 2. The summed E-state index contributed by atoms with van der Waals surface area (Å²) in [6, 6.07) is 11.5. The molecular weight excluding hydrogens is 344 g/mol. The molecule has 5 heteroatoms. The molecule has 0 bridgehead atoms. The largest absolute Gasteiger partial charge is 0.496 e. The molecule has 1 aliphatic heterocycles. The van der Waals surface area contributed by atoms with Crippen LogP contribution in [-0.4, -0.2) is 27.1 Å². The van der Waals surface area contributed by atoms with E-state index in [9.17, 15) is 4.79 Å². The lowest BCUT2D eigenvalue weighted by atomic mass is 9.76. The predicted molar refractivity (Wildman–Crippen MR) is 101 cm³/mol. The monoisotopic (exact) mass is 366 g/mol. The van der Waals surface area contributed by atoms with Gasteiger partial charge in [0.1, 0.15) is 28.8 Å². The van der Waals surface area contributed by atoms with Crippen LogP contribution in [0.25, 0.3) is 0 Å². The number of carbonyl (C=O) groups is 1. The molecule has 1 aliphatic carbocycles. The fourth-order valence-corrected chi connectivity index (χ4v) is 3.99. The number of rotatable bonds is 4. The zero-order valence-electron chi connectivity index (χ0n) is 15.7. The first-order chi connectivity index (χ1) is 13.2. The second-order valence-corrected chi connectivity index (χ2v) is 6.63. The molecule has 2 aromatic rings. The van der Waals surface area contributed by atoms with Gasteiger partial charge in [0.05, 0.1) is 27.2 Å². The molecule has 0 saturated heterocycles. The Morgan fingerprint density at radius 2 is 1.74 bits per heavy atom. The highest BCUT2D eigenvalue weighted by Gasteiger charge is 2.40. The molecule has 0 fully saturated rings. The summed E-state index contributed by atoms with van der Waals surface area (Å²) < 4.78 is 22.8. The molecule has 0 radical (unpaired) electrons. The van der Waals surface area contributed by atoms with Crippen molar-refractivity contribution in [2.24, 2.45) is 0 Å². The Balaban J connectivity index is 2.02. The van der Waals surface area contributed by atoms with E-state index in [-0.39, 0.29) is 11.7 Å². The molecule has 2 aromatic carbocycles. The number of para-hydroxylation sites is 1. The van der Waals surface area contributed by atoms with Gasteiger partial charge >= 0.3 is 0 Å². The summed E-state index contributed by atoms with van der Waals surface area (Å²) in [6.07, 6.45) is 2.07. The third-order valence-electron chi connectivity index (χ3n) is 5.20. The van der Waals surface area contributed by atoms with Crippen LogP contribution in [0.15, 0.2) is 47.7 Å². The summed E-state index contributed by atoms with van der Waals surface area (Å²) in [4.78, 5) is 12.9. The van der Waals surface area contributed by atoms with Gasteiger partial charge in [-0.1, -0.05) is 18.2 Å². The van der Waals surface area contributed by atoms with Crippen LogP contribution in [-0.2, 0) is 4.79 Å². The van der Waals surface area contributed by atoms with E-state index in [1.54, 1.807) is 21.3 Å². The molecular formula is C22H22O5. The number of ketones is 1. The highest BCUT2D eigenvalue weighted by atomic mass is 16.5. The summed E-state index contributed by atoms with van der Waals surface area (Å²) in [5, 5.41) is 0. The Morgan fingerprint density at radius 1 is 0.963 bits per heavy atom. The van der Waals surface area contributed by atoms with Gasteiger partial charge < -0.3 is 18.9 Å². The summed E-state index contributed by atoms with van der Waals surface area (Å²) >= 11 is 0. The number of benzene rings is 2. The Hall–Kier alpha value is -2.95. The average molecular weight is 366 g/mol. The van der Waals surface area contributed by atoms with Crippen LogP contribution in [0.2, 0.25) is 0 Å². The number of hydrogen-bond donors (Lipinski definition) is 0. The van der Waals surface area contributed by atoms with Crippen LogP contribution in [0.4, 0.5) is 0 Å². The van der Waals surface area contributed by atoms with Gasteiger partial charge in [0.15, 0.2) is 5.78 Å². The van der Waals surface area contributed by atoms with E-state index in [0.717, 1.165) is 35.5 Å². The van der Waals surface area contributed by atoms with Crippen LogP contribution >= 0.6 is 0 Å². The van der Waals surface area contributed by atoms with Crippen molar-refractivity contribution in [2.75, 3.05) is 21.3 Å². The molecule has 0 N–H and O–H groups in total. The number of Topliss-reactive ketones (excluding diaryl/α,β-unsaturated/α-hetero) is 1. The quantitative estimate of drug-likeness (QED) is 0.810. The third-order valence-corrected chi connectivity index (χ3v) is 5.20. The lowest BCUT2D eigenvalue weighted by molar-refractivity contribution is -0.116. The van der Waals surface area contributed by atoms with E-state index in [2.05, 4.69) is 0 Å². The molecule has 1 atom stereocenters.